The third-order valence-electron chi connectivity index (χ3n) is 1.90. The fourth-order valence-electron chi connectivity index (χ4n) is 1.38. The second-order valence-corrected chi connectivity index (χ2v) is 5.11. The van der Waals surface area contributed by atoms with Crippen LogP contribution in [0.3, 0.4) is 0 Å². The zero-order valence-electron chi connectivity index (χ0n) is 6.53. The number of quaternary nitrogens is 1. The molecule has 0 aromatic rings. The summed E-state index contributed by atoms with van der Waals surface area (Å²) in [6, 6.07) is -0.134. The van der Waals surface area contributed by atoms with E-state index in [1.807, 2.05) is 12.2 Å². The van der Waals surface area contributed by atoms with E-state index in [4.69, 9.17) is 0 Å². The summed E-state index contributed by atoms with van der Waals surface area (Å²) in [6.45, 7) is 2.76. The molecule has 66 valence electrons. The first-order valence-corrected chi connectivity index (χ1v) is 5.59. The van der Waals surface area contributed by atoms with Crippen molar-refractivity contribution in [2.75, 3.05) is 18.1 Å². The van der Waals surface area contributed by atoms with E-state index in [-0.39, 0.29) is 17.5 Å². The fourth-order valence-corrected chi connectivity index (χ4v) is 3.23. The summed E-state index contributed by atoms with van der Waals surface area (Å²) in [4.78, 5) is 0. The quantitative estimate of drug-likeness (QED) is 0.503. The molecule has 1 aliphatic heterocycles. The van der Waals surface area contributed by atoms with Gasteiger partial charge in [0.15, 0.2) is 9.84 Å². The summed E-state index contributed by atoms with van der Waals surface area (Å²) in [7, 11) is -2.95. The van der Waals surface area contributed by atoms with E-state index in [1.54, 1.807) is 0 Å². The van der Waals surface area contributed by atoms with Crippen LogP contribution in [-0.2, 0) is 9.84 Å². The second-order valence-electron chi connectivity index (χ2n) is 2.95. The van der Waals surface area contributed by atoms with E-state index in [0.29, 0.717) is 0 Å². The summed E-state index contributed by atoms with van der Waals surface area (Å²) in [5, 5.41) is 11.1. The van der Waals surface area contributed by atoms with Gasteiger partial charge in [0.1, 0.15) is 17.9 Å². The molecule has 4 nitrogen and oxygen atoms in total. The highest BCUT2D eigenvalue weighted by Gasteiger charge is 2.38. The lowest BCUT2D eigenvalue weighted by Gasteiger charge is -2.08. The van der Waals surface area contributed by atoms with Gasteiger partial charge in [0.2, 0.25) is 0 Å². The molecule has 0 aromatic carbocycles. The largest absolute Gasteiger partial charge is 0.386 e. The lowest BCUT2D eigenvalue weighted by molar-refractivity contribution is -0.687. The molecule has 2 atom stereocenters. The highest BCUT2D eigenvalue weighted by molar-refractivity contribution is 7.91. The lowest BCUT2D eigenvalue weighted by Crippen LogP contribution is -2.92. The summed E-state index contributed by atoms with van der Waals surface area (Å²) in [6.07, 6.45) is -0.667. The minimum Gasteiger partial charge on any atom is -0.386 e. The monoisotopic (exact) mass is 180 g/mol. The van der Waals surface area contributed by atoms with Crippen molar-refractivity contribution in [3.63, 3.8) is 0 Å². The van der Waals surface area contributed by atoms with Crippen molar-refractivity contribution in [3.05, 3.63) is 0 Å². The maximum atomic E-state index is 10.9. The van der Waals surface area contributed by atoms with Crippen molar-refractivity contribution in [1.82, 2.24) is 0 Å². The Kier molecular flexibility index (Phi) is 2.51. The molecule has 0 spiro atoms. The SMILES string of the molecule is CC[NH2+][C@H]1CS(=O)(=O)C[C@@H]1O. The molecule has 1 fully saturated rings. The molecule has 0 bridgehead atoms. The maximum absolute atomic E-state index is 10.9. The Morgan fingerprint density at radius 2 is 2.18 bits per heavy atom. The molecule has 1 aliphatic rings. The van der Waals surface area contributed by atoms with Gasteiger partial charge in [-0.3, -0.25) is 0 Å². The highest BCUT2D eigenvalue weighted by atomic mass is 32.2. The van der Waals surface area contributed by atoms with E-state index < -0.39 is 15.9 Å². The van der Waals surface area contributed by atoms with Crippen molar-refractivity contribution in [3.8, 4) is 0 Å². The molecule has 3 N–H and O–H groups in total. The molecule has 0 amide bonds. The van der Waals surface area contributed by atoms with Crippen LogP contribution < -0.4 is 5.32 Å². The average molecular weight is 180 g/mol. The van der Waals surface area contributed by atoms with Crippen LogP contribution in [0.15, 0.2) is 0 Å². The minimum absolute atomic E-state index is 0.0613. The number of aliphatic hydroxyl groups excluding tert-OH is 1. The van der Waals surface area contributed by atoms with Crippen LogP contribution in [-0.4, -0.2) is 43.7 Å². The maximum Gasteiger partial charge on any atom is 0.159 e. The Hall–Kier alpha value is -0.130. The number of aliphatic hydroxyl groups is 1. The van der Waals surface area contributed by atoms with Gasteiger partial charge in [-0.2, -0.15) is 0 Å². The summed E-state index contributed by atoms with van der Waals surface area (Å²) >= 11 is 0. The molecule has 0 aliphatic carbocycles. The predicted octanol–water partition coefficient (Wildman–Crippen LogP) is -2.27. The van der Waals surface area contributed by atoms with Crippen molar-refractivity contribution in [1.29, 1.82) is 0 Å². The van der Waals surface area contributed by atoms with Crippen LogP contribution >= 0.6 is 0 Å². The van der Waals surface area contributed by atoms with Gasteiger partial charge in [0.25, 0.3) is 0 Å². The molecule has 0 unspecified atom stereocenters. The zero-order chi connectivity index (χ0) is 8.48. The Morgan fingerprint density at radius 1 is 1.55 bits per heavy atom. The Balaban J connectivity index is 2.59. The first-order chi connectivity index (χ1) is 5.05. The first-order valence-electron chi connectivity index (χ1n) is 3.77. The topological polar surface area (TPSA) is 71.0 Å². The number of hydrogen-bond donors (Lipinski definition) is 2. The van der Waals surface area contributed by atoms with Gasteiger partial charge in [-0.05, 0) is 6.92 Å². The number of hydrogen-bond acceptors (Lipinski definition) is 3. The normalized spacial score (nSPS) is 35.8. The van der Waals surface area contributed by atoms with Crippen LogP contribution in [0, 0.1) is 0 Å². The van der Waals surface area contributed by atoms with Gasteiger partial charge in [-0.25, -0.2) is 8.42 Å². The molecule has 0 radical (unpaired) electrons. The van der Waals surface area contributed by atoms with Crippen LogP contribution in [0.5, 0.6) is 0 Å². The summed E-state index contributed by atoms with van der Waals surface area (Å²) in [5.41, 5.74) is 0. The summed E-state index contributed by atoms with van der Waals surface area (Å²) < 4.78 is 21.9. The highest BCUT2D eigenvalue weighted by Crippen LogP contribution is 2.08. The van der Waals surface area contributed by atoms with E-state index in [9.17, 15) is 13.5 Å². The number of nitrogens with two attached hydrogens (primary N) is 1. The molecule has 11 heavy (non-hydrogen) atoms. The molecule has 0 saturated carbocycles. The lowest BCUT2D eigenvalue weighted by atomic mass is 10.2. The molecular weight excluding hydrogens is 166 g/mol. The van der Waals surface area contributed by atoms with Crippen molar-refractivity contribution in [2.24, 2.45) is 0 Å². The van der Waals surface area contributed by atoms with E-state index in [2.05, 4.69) is 0 Å². The van der Waals surface area contributed by atoms with Crippen molar-refractivity contribution >= 4 is 9.84 Å². The van der Waals surface area contributed by atoms with E-state index in [0.717, 1.165) is 6.54 Å². The molecule has 0 aromatic heterocycles. The standard InChI is InChI=1S/C6H13NO3S/c1-2-7-5-3-11(9,10)4-6(5)8/h5-8H,2-4H2,1H3/p+1/t5-,6-/m0/s1. The van der Waals surface area contributed by atoms with Gasteiger partial charge in [0, 0.05) is 0 Å². The van der Waals surface area contributed by atoms with E-state index in [1.165, 1.54) is 0 Å². The van der Waals surface area contributed by atoms with Crippen LogP contribution in [0.25, 0.3) is 0 Å². The zero-order valence-corrected chi connectivity index (χ0v) is 7.34. The van der Waals surface area contributed by atoms with Gasteiger partial charge in [0.05, 0.1) is 12.3 Å². The first kappa shape index (κ1) is 8.96. The van der Waals surface area contributed by atoms with Crippen molar-refractivity contribution < 1.29 is 18.8 Å². The molecule has 5 heteroatoms. The fraction of sp³-hybridized carbons (Fsp3) is 1.00. The number of sulfone groups is 1. The predicted molar refractivity (Wildman–Crippen MR) is 40.9 cm³/mol. The Bertz CT molecular complexity index is 224. The van der Waals surface area contributed by atoms with E-state index >= 15 is 0 Å². The number of likely N-dealkylation sites (N-methyl/N-ethyl adjacent to an activating group) is 1. The molecular formula is C6H14NO3S+. The smallest absolute Gasteiger partial charge is 0.159 e. The Labute approximate surface area is 66.5 Å². The third-order valence-corrected chi connectivity index (χ3v) is 3.65. The van der Waals surface area contributed by atoms with Crippen LogP contribution in [0.2, 0.25) is 0 Å². The summed E-state index contributed by atoms with van der Waals surface area (Å²) in [5.74, 6) is 0.0656. The average Bonchev–Trinajstić information content (AvgIpc) is 2.07. The van der Waals surface area contributed by atoms with Crippen LogP contribution in [0.4, 0.5) is 0 Å². The molecule has 1 saturated heterocycles. The minimum atomic E-state index is -2.95. The van der Waals surface area contributed by atoms with Gasteiger partial charge in [-0.1, -0.05) is 0 Å². The number of rotatable bonds is 2. The Morgan fingerprint density at radius 3 is 2.55 bits per heavy atom. The van der Waals surface area contributed by atoms with Gasteiger partial charge in [-0.15, -0.1) is 0 Å². The van der Waals surface area contributed by atoms with Crippen molar-refractivity contribution in [2.45, 2.75) is 19.1 Å². The third kappa shape index (κ3) is 2.15. The van der Waals surface area contributed by atoms with Gasteiger partial charge < -0.3 is 10.4 Å². The van der Waals surface area contributed by atoms with Gasteiger partial charge >= 0.3 is 0 Å². The van der Waals surface area contributed by atoms with Crippen LogP contribution in [0.1, 0.15) is 6.92 Å². The molecule has 1 heterocycles. The molecule has 1 rings (SSSR count). The second kappa shape index (κ2) is 3.08.